The highest BCUT2D eigenvalue weighted by atomic mass is 16.5. The van der Waals surface area contributed by atoms with Gasteiger partial charge >= 0.3 is 5.97 Å². The standard InChI is InChI=1S/C11H22N2O2/c1-5-15-10(14)11(2,12-3)8-13(4)9-6-7-9/h9,12H,5-8H2,1-4H3. The number of hydrogen-bond acceptors (Lipinski definition) is 4. The Morgan fingerprint density at radius 2 is 2.20 bits per heavy atom. The number of ether oxygens (including phenoxy) is 1. The maximum atomic E-state index is 11.8. The highest BCUT2D eigenvalue weighted by Crippen LogP contribution is 2.26. The molecule has 15 heavy (non-hydrogen) atoms. The third-order valence-electron chi connectivity index (χ3n) is 3.01. The fraction of sp³-hybridized carbons (Fsp3) is 0.909. The van der Waals surface area contributed by atoms with Crippen LogP contribution in [0.3, 0.4) is 0 Å². The summed E-state index contributed by atoms with van der Waals surface area (Å²) in [6.45, 7) is 4.86. The maximum Gasteiger partial charge on any atom is 0.327 e. The molecular weight excluding hydrogens is 192 g/mol. The van der Waals surface area contributed by atoms with Crippen molar-refractivity contribution < 1.29 is 9.53 Å². The Kier molecular flexibility index (Phi) is 4.11. The van der Waals surface area contributed by atoms with E-state index in [1.807, 2.05) is 13.8 Å². The molecule has 1 saturated carbocycles. The summed E-state index contributed by atoms with van der Waals surface area (Å²) < 4.78 is 5.07. The van der Waals surface area contributed by atoms with Gasteiger partial charge in [-0.1, -0.05) is 0 Å². The Bertz CT molecular complexity index is 229. The van der Waals surface area contributed by atoms with Crippen LogP contribution >= 0.6 is 0 Å². The summed E-state index contributed by atoms with van der Waals surface area (Å²) in [6.07, 6.45) is 2.50. The van der Waals surface area contributed by atoms with Crippen LogP contribution in [0.15, 0.2) is 0 Å². The molecule has 88 valence electrons. The van der Waals surface area contributed by atoms with Gasteiger partial charge in [-0.25, -0.2) is 0 Å². The van der Waals surface area contributed by atoms with Crippen molar-refractivity contribution >= 4 is 5.97 Å². The molecule has 0 saturated heterocycles. The summed E-state index contributed by atoms with van der Waals surface area (Å²) in [5, 5.41) is 3.06. The van der Waals surface area contributed by atoms with Gasteiger partial charge in [-0.05, 0) is 40.8 Å². The predicted octanol–water partition coefficient (Wildman–Crippen LogP) is 0.622. The van der Waals surface area contributed by atoms with Crippen molar-refractivity contribution in [3.05, 3.63) is 0 Å². The van der Waals surface area contributed by atoms with Gasteiger partial charge in [-0.2, -0.15) is 0 Å². The van der Waals surface area contributed by atoms with E-state index in [-0.39, 0.29) is 5.97 Å². The van der Waals surface area contributed by atoms with E-state index in [2.05, 4.69) is 17.3 Å². The molecular formula is C11H22N2O2. The van der Waals surface area contributed by atoms with E-state index in [1.165, 1.54) is 12.8 Å². The number of carbonyl (C=O) groups is 1. The highest BCUT2D eigenvalue weighted by Gasteiger charge is 2.37. The number of rotatable bonds is 6. The zero-order chi connectivity index (χ0) is 11.5. The fourth-order valence-electron chi connectivity index (χ4n) is 1.68. The fourth-order valence-corrected chi connectivity index (χ4v) is 1.68. The van der Waals surface area contributed by atoms with Crippen molar-refractivity contribution in [2.45, 2.75) is 38.3 Å². The summed E-state index contributed by atoms with van der Waals surface area (Å²) in [6, 6.07) is 0.659. The highest BCUT2D eigenvalue weighted by molar-refractivity contribution is 5.80. The quantitative estimate of drug-likeness (QED) is 0.658. The van der Waals surface area contributed by atoms with Crippen LogP contribution in [0.4, 0.5) is 0 Å². The van der Waals surface area contributed by atoms with Crippen LogP contribution in [0.25, 0.3) is 0 Å². The van der Waals surface area contributed by atoms with Gasteiger partial charge in [0.2, 0.25) is 0 Å². The molecule has 1 aliphatic carbocycles. The summed E-state index contributed by atoms with van der Waals surface area (Å²) in [5.74, 6) is -0.167. The van der Waals surface area contributed by atoms with Crippen molar-refractivity contribution in [1.29, 1.82) is 0 Å². The summed E-state index contributed by atoms with van der Waals surface area (Å²) in [4.78, 5) is 14.0. The molecule has 1 aliphatic rings. The topological polar surface area (TPSA) is 41.6 Å². The monoisotopic (exact) mass is 214 g/mol. The van der Waals surface area contributed by atoms with Crippen molar-refractivity contribution in [3.63, 3.8) is 0 Å². The molecule has 0 aromatic rings. The lowest BCUT2D eigenvalue weighted by atomic mass is 10.0. The van der Waals surface area contributed by atoms with Crippen molar-refractivity contribution in [3.8, 4) is 0 Å². The Balaban J connectivity index is 2.53. The van der Waals surface area contributed by atoms with E-state index in [0.717, 1.165) is 0 Å². The van der Waals surface area contributed by atoms with Crippen LogP contribution in [0.2, 0.25) is 0 Å². The van der Waals surface area contributed by atoms with E-state index >= 15 is 0 Å². The van der Waals surface area contributed by atoms with Crippen LogP contribution in [0.5, 0.6) is 0 Å². The molecule has 4 nitrogen and oxygen atoms in total. The first-order valence-electron chi connectivity index (χ1n) is 5.60. The van der Waals surface area contributed by atoms with E-state index in [0.29, 0.717) is 19.2 Å². The summed E-state index contributed by atoms with van der Waals surface area (Å²) >= 11 is 0. The second-order valence-electron chi connectivity index (χ2n) is 4.45. The lowest BCUT2D eigenvalue weighted by Crippen LogP contribution is -2.56. The largest absolute Gasteiger partial charge is 0.465 e. The van der Waals surface area contributed by atoms with Crippen LogP contribution in [-0.2, 0) is 9.53 Å². The number of hydrogen-bond donors (Lipinski definition) is 1. The minimum atomic E-state index is -0.590. The SMILES string of the molecule is CCOC(=O)C(C)(CN(C)C1CC1)NC. The average molecular weight is 214 g/mol. The lowest BCUT2D eigenvalue weighted by molar-refractivity contribution is -0.151. The first-order valence-corrected chi connectivity index (χ1v) is 5.60. The Labute approximate surface area is 92.0 Å². The molecule has 0 aliphatic heterocycles. The molecule has 1 N–H and O–H groups in total. The average Bonchev–Trinajstić information content (AvgIpc) is 3.01. The molecule has 0 amide bonds. The Morgan fingerprint density at radius 3 is 2.60 bits per heavy atom. The van der Waals surface area contributed by atoms with Gasteiger partial charge in [0.1, 0.15) is 5.54 Å². The van der Waals surface area contributed by atoms with Gasteiger partial charge in [0.15, 0.2) is 0 Å². The summed E-state index contributed by atoms with van der Waals surface area (Å²) in [7, 11) is 3.87. The second kappa shape index (κ2) is 4.94. The van der Waals surface area contributed by atoms with Gasteiger partial charge in [-0.15, -0.1) is 0 Å². The third kappa shape index (κ3) is 3.18. The van der Waals surface area contributed by atoms with E-state index in [9.17, 15) is 4.79 Å². The third-order valence-corrected chi connectivity index (χ3v) is 3.01. The van der Waals surface area contributed by atoms with Gasteiger partial charge in [-0.3, -0.25) is 4.79 Å². The van der Waals surface area contributed by atoms with Gasteiger partial charge < -0.3 is 15.0 Å². The number of esters is 1. The molecule has 1 rings (SSSR count). The molecule has 4 heteroatoms. The van der Waals surface area contributed by atoms with Crippen LogP contribution in [0.1, 0.15) is 26.7 Å². The first kappa shape index (κ1) is 12.5. The molecule has 0 bridgehead atoms. The molecule has 1 fully saturated rings. The Morgan fingerprint density at radius 1 is 1.60 bits per heavy atom. The maximum absolute atomic E-state index is 11.8. The second-order valence-corrected chi connectivity index (χ2v) is 4.45. The smallest absolute Gasteiger partial charge is 0.327 e. The first-order chi connectivity index (χ1) is 7.03. The number of likely N-dealkylation sites (N-methyl/N-ethyl adjacent to an activating group) is 2. The molecule has 0 aromatic heterocycles. The summed E-state index contributed by atoms with van der Waals surface area (Å²) in [5.41, 5.74) is -0.590. The number of nitrogens with one attached hydrogen (secondary N) is 1. The van der Waals surface area contributed by atoms with Crippen molar-refractivity contribution in [2.75, 3.05) is 27.2 Å². The van der Waals surface area contributed by atoms with Gasteiger partial charge in [0.25, 0.3) is 0 Å². The number of carbonyl (C=O) groups excluding carboxylic acids is 1. The van der Waals surface area contributed by atoms with Crippen LogP contribution < -0.4 is 5.32 Å². The normalized spacial score (nSPS) is 20.1. The van der Waals surface area contributed by atoms with Gasteiger partial charge in [0, 0.05) is 12.6 Å². The molecule has 0 aromatic carbocycles. The minimum Gasteiger partial charge on any atom is -0.465 e. The predicted molar refractivity (Wildman–Crippen MR) is 59.7 cm³/mol. The van der Waals surface area contributed by atoms with Gasteiger partial charge in [0.05, 0.1) is 6.61 Å². The molecule has 0 heterocycles. The van der Waals surface area contributed by atoms with E-state index in [4.69, 9.17) is 4.74 Å². The zero-order valence-corrected chi connectivity index (χ0v) is 10.2. The minimum absolute atomic E-state index is 0.167. The van der Waals surface area contributed by atoms with Crippen molar-refractivity contribution in [1.82, 2.24) is 10.2 Å². The Hall–Kier alpha value is -0.610. The molecule has 0 spiro atoms. The molecule has 0 radical (unpaired) electrons. The van der Waals surface area contributed by atoms with E-state index in [1.54, 1.807) is 7.05 Å². The van der Waals surface area contributed by atoms with E-state index < -0.39 is 5.54 Å². The molecule has 1 atom stereocenters. The molecule has 1 unspecified atom stereocenters. The van der Waals surface area contributed by atoms with Crippen LogP contribution in [0, 0.1) is 0 Å². The lowest BCUT2D eigenvalue weighted by Gasteiger charge is -2.31. The van der Waals surface area contributed by atoms with Crippen LogP contribution in [-0.4, -0.2) is 49.7 Å². The van der Waals surface area contributed by atoms with Crippen molar-refractivity contribution in [2.24, 2.45) is 0 Å². The number of nitrogens with zero attached hydrogens (tertiary/aromatic N) is 1. The zero-order valence-electron chi connectivity index (χ0n) is 10.2.